The molecule has 3 N–H and O–H groups in total. The van der Waals surface area contributed by atoms with Gasteiger partial charge in [0.25, 0.3) is 0 Å². The second-order valence-corrected chi connectivity index (χ2v) is 5.40. The van der Waals surface area contributed by atoms with Crippen molar-refractivity contribution in [3.8, 4) is 0 Å². The fourth-order valence-electron chi connectivity index (χ4n) is 2.42. The van der Waals surface area contributed by atoms with Crippen molar-refractivity contribution < 1.29 is 13.5 Å². The van der Waals surface area contributed by atoms with Gasteiger partial charge in [0.05, 0.1) is 6.61 Å². The topological polar surface area (TPSA) is 59.6 Å². The van der Waals surface area contributed by atoms with E-state index in [9.17, 15) is 8.78 Å². The molecule has 0 aromatic heterocycles. The number of halogens is 2. The Kier molecular flexibility index (Phi) is 6.48. The molecule has 1 aliphatic rings. The Labute approximate surface area is 113 Å². The smallest absolute Gasteiger partial charge is 0.248 e. The van der Waals surface area contributed by atoms with Gasteiger partial charge in [-0.1, -0.05) is 6.42 Å². The van der Waals surface area contributed by atoms with Crippen molar-refractivity contribution in [1.82, 2.24) is 5.32 Å². The van der Waals surface area contributed by atoms with Gasteiger partial charge < -0.3 is 15.8 Å². The highest BCUT2D eigenvalue weighted by molar-refractivity contribution is 5.78. The predicted molar refractivity (Wildman–Crippen MR) is 72.5 cm³/mol. The minimum Gasteiger partial charge on any atom is -0.383 e. The maximum absolute atomic E-state index is 13.4. The highest BCUT2D eigenvalue weighted by atomic mass is 19.3. The second-order valence-electron chi connectivity index (χ2n) is 5.40. The Hall–Kier alpha value is -0.910. The molecule has 112 valence electrons. The van der Waals surface area contributed by atoms with Gasteiger partial charge >= 0.3 is 0 Å². The summed E-state index contributed by atoms with van der Waals surface area (Å²) in [6, 6.07) is 0.0596. The lowest BCUT2D eigenvalue weighted by Crippen LogP contribution is -2.41. The molecule has 1 rings (SSSR count). The van der Waals surface area contributed by atoms with Gasteiger partial charge in [-0.25, -0.2) is 8.78 Å². The average molecular weight is 277 g/mol. The van der Waals surface area contributed by atoms with Crippen LogP contribution in [0.3, 0.4) is 0 Å². The second kappa shape index (κ2) is 7.62. The van der Waals surface area contributed by atoms with E-state index in [2.05, 4.69) is 10.3 Å². The lowest BCUT2D eigenvalue weighted by atomic mass is 9.99. The highest BCUT2D eigenvalue weighted by Gasteiger charge is 2.34. The third-order valence-electron chi connectivity index (χ3n) is 3.32. The van der Waals surface area contributed by atoms with E-state index in [-0.39, 0.29) is 24.8 Å². The molecule has 2 atom stereocenters. The summed E-state index contributed by atoms with van der Waals surface area (Å²) in [7, 11) is 1.61. The molecule has 0 spiro atoms. The highest BCUT2D eigenvalue weighted by Crippen LogP contribution is 2.35. The van der Waals surface area contributed by atoms with E-state index in [1.165, 1.54) is 0 Å². The number of rotatable bonds is 5. The first-order chi connectivity index (χ1) is 8.93. The molecule has 4 nitrogen and oxygen atoms in total. The first-order valence-corrected chi connectivity index (χ1v) is 6.86. The van der Waals surface area contributed by atoms with E-state index in [4.69, 9.17) is 10.5 Å². The largest absolute Gasteiger partial charge is 0.383 e. The Bertz CT molecular complexity index is 298. The van der Waals surface area contributed by atoms with Crippen LogP contribution in [-0.2, 0) is 4.74 Å². The number of nitrogens with one attached hydrogen (secondary N) is 1. The van der Waals surface area contributed by atoms with Gasteiger partial charge in [0.2, 0.25) is 5.92 Å². The Morgan fingerprint density at radius 3 is 2.95 bits per heavy atom. The summed E-state index contributed by atoms with van der Waals surface area (Å²) in [6.45, 7) is 2.82. The molecule has 19 heavy (non-hydrogen) atoms. The Morgan fingerprint density at radius 2 is 2.26 bits per heavy atom. The van der Waals surface area contributed by atoms with Crippen LogP contribution in [0.4, 0.5) is 8.78 Å². The third kappa shape index (κ3) is 6.71. The summed E-state index contributed by atoms with van der Waals surface area (Å²) in [6.07, 6.45) is 2.19. The van der Waals surface area contributed by atoms with Crippen molar-refractivity contribution in [3.05, 3.63) is 0 Å². The van der Waals surface area contributed by atoms with Crippen LogP contribution >= 0.6 is 0 Å². The minimum atomic E-state index is -2.54. The van der Waals surface area contributed by atoms with Gasteiger partial charge in [0.1, 0.15) is 0 Å². The van der Waals surface area contributed by atoms with Crippen LogP contribution in [0.15, 0.2) is 4.99 Å². The molecular weight excluding hydrogens is 252 g/mol. The van der Waals surface area contributed by atoms with Gasteiger partial charge in [0.15, 0.2) is 5.96 Å². The fourth-order valence-corrected chi connectivity index (χ4v) is 2.42. The molecule has 0 saturated heterocycles. The van der Waals surface area contributed by atoms with Crippen LogP contribution in [0.2, 0.25) is 0 Å². The summed E-state index contributed by atoms with van der Waals surface area (Å²) >= 11 is 0. The summed E-state index contributed by atoms with van der Waals surface area (Å²) in [5, 5.41) is 2.97. The quantitative estimate of drug-likeness (QED) is 0.460. The van der Waals surface area contributed by atoms with Crippen LogP contribution in [-0.4, -0.2) is 38.2 Å². The van der Waals surface area contributed by atoms with Crippen LogP contribution < -0.4 is 11.1 Å². The molecule has 1 fully saturated rings. The molecule has 0 aliphatic heterocycles. The fraction of sp³-hybridized carbons (Fsp3) is 0.923. The standard InChI is InChI=1S/C13H25F2N3O/c1-10(9-19-2)18-12(16)17-8-11-5-3-4-6-13(14,15)7-11/h10-11H,3-9H2,1-2H3,(H3,16,17,18). The first-order valence-electron chi connectivity index (χ1n) is 6.86. The van der Waals surface area contributed by atoms with E-state index in [1.807, 2.05) is 6.92 Å². The molecular formula is C13H25F2N3O. The zero-order chi connectivity index (χ0) is 14.3. The van der Waals surface area contributed by atoms with E-state index in [0.29, 0.717) is 25.5 Å². The summed E-state index contributed by atoms with van der Waals surface area (Å²) in [4.78, 5) is 4.17. The van der Waals surface area contributed by atoms with E-state index < -0.39 is 5.92 Å². The number of ether oxygens (including phenoxy) is 1. The normalized spacial score (nSPS) is 25.7. The zero-order valence-electron chi connectivity index (χ0n) is 11.8. The predicted octanol–water partition coefficient (Wildman–Crippen LogP) is 2.14. The van der Waals surface area contributed by atoms with Gasteiger partial charge in [-0.15, -0.1) is 0 Å². The monoisotopic (exact) mass is 277 g/mol. The van der Waals surface area contributed by atoms with Gasteiger partial charge in [-0.2, -0.15) is 0 Å². The van der Waals surface area contributed by atoms with Crippen LogP contribution in [0.1, 0.15) is 39.0 Å². The molecule has 0 amide bonds. The maximum Gasteiger partial charge on any atom is 0.248 e. The van der Waals surface area contributed by atoms with Gasteiger partial charge in [-0.3, -0.25) is 4.99 Å². The molecule has 6 heteroatoms. The summed E-state index contributed by atoms with van der Waals surface area (Å²) in [5.74, 6) is -2.31. The van der Waals surface area contributed by atoms with Crippen molar-refractivity contribution >= 4 is 5.96 Å². The van der Waals surface area contributed by atoms with Crippen LogP contribution in [0.5, 0.6) is 0 Å². The zero-order valence-corrected chi connectivity index (χ0v) is 11.8. The van der Waals surface area contributed by atoms with Crippen molar-refractivity contribution in [2.24, 2.45) is 16.6 Å². The number of methoxy groups -OCH3 is 1. The van der Waals surface area contributed by atoms with Crippen molar-refractivity contribution in [2.75, 3.05) is 20.3 Å². The molecule has 1 aliphatic carbocycles. The third-order valence-corrected chi connectivity index (χ3v) is 3.32. The van der Waals surface area contributed by atoms with E-state index >= 15 is 0 Å². The number of nitrogens with two attached hydrogens (primary N) is 1. The first kappa shape index (κ1) is 16.1. The number of nitrogens with zero attached hydrogens (tertiary/aromatic N) is 1. The van der Waals surface area contributed by atoms with E-state index in [0.717, 1.165) is 12.8 Å². The minimum absolute atomic E-state index is 0.00577. The molecule has 0 bridgehead atoms. The Balaban J connectivity index is 2.40. The van der Waals surface area contributed by atoms with Crippen molar-refractivity contribution in [3.63, 3.8) is 0 Å². The van der Waals surface area contributed by atoms with Gasteiger partial charge in [-0.05, 0) is 25.7 Å². The van der Waals surface area contributed by atoms with Gasteiger partial charge in [0, 0.05) is 32.5 Å². The maximum atomic E-state index is 13.4. The van der Waals surface area contributed by atoms with Crippen molar-refractivity contribution in [1.29, 1.82) is 0 Å². The van der Waals surface area contributed by atoms with Crippen LogP contribution in [0, 0.1) is 5.92 Å². The molecule has 0 radical (unpaired) electrons. The molecule has 2 unspecified atom stereocenters. The number of hydrogen-bond donors (Lipinski definition) is 2. The Morgan fingerprint density at radius 1 is 1.53 bits per heavy atom. The molecule has 1 saturated carbocycles. The number of hydrogen-bond acceptors (Lipinski definition) is 2. The molecule has 0 aromatic carbocycles. The number of guanidine groups is 1. The molecule has 0 heterocycles. The summed E-state index contributed by atoms with van der Waals surface area (Å²) in [5.41, 5.74) is 5.72. The number of aliphatic imine (C=N–C) groups is 1. The molecule has 0 aromatic rings. The lowest BCUT2D eigenvalue weighted by Gasteiger charge is -2.18. The summed E-state index contributed by atoms with van der Waals surface area (Å²) < 4.78 is 31.8. The lowest BCUT2D eigenvalue weighted by molar-refractivity contribution is -0.0241. The van der Waals surface area contributed by atoms with E-state index in [1.54, 1.807) is 7.11 Å². The average Bonchev–Trinajstić information content (AvgIpc) is 2.47. The SMILES string of the molecule is COCC(C)NC(N)=NCC1CCCCC(F)(F)C1. The number of alkyl halides is 2. The van der Waals surface area contributed by atoms with Crippen LogP contribution in [0.25, 0.3) is 0 Å². The van der Waals surface area contributed by atoms with Crippen molar-refractivity contribution in [2.45, 2.75) is 51.0 Å².